The predicted molar refractivity (Wildman–Crippen MR) is 74.6 cm³/mol. The maximum Gasteiger partial charge on any atom is 0.159 e. The van der Waals surface area contributed by atoms with Crippen molar-refractivity contribution in [3.63, 3.8) is 0 Å². The van der Waals surface area contributed by atoms with Gasteiger partial charge in [-0.2, -0.15) is 0 Å². The fraction of sp³-hybridized carbons (Fsp3) is 0.286. The van der Waals surface area contributed by atoms with Gasteiger partial charge < -0.3 is 10.6 Å². The zero-order valence-electron chi connectivity index (χ0n) is 10.8. The molecule has 1 aromatic carbocycles. The second-order valence-electron chi connectivity index (χ2n) is 4.39. The Morgan fingerprint density at radius 1 is 1.06 bits per heavy atom. The summed E-state index contributed by atoms with van der Waals surface area (Å²) in [5, 5.41) is 0. The predicted octanol–water partition coefficient (Wildman–Crippen LogP) is 1.71. The minimum absolute atomic E-state index is 0.625. The van der Waals surface area contributed by atoms with Gasteiger partial charge in [-0.25, -0.2) is 9.97 Å². The molecule has 0 radical (unpaired) electrons. The molecule has 0 atom stereocenters. The number of benzene rings is 1. The number of aromatic nitrogens is 2. The van der Waals surface area contributed by atoms with Gasteiger partial charge in [0, 0.05) is 37.7 Å². The maximum absolute atomic E-state index is 5.49. The second kappa shape index (κ2) is 5.60. The molecule has 4 nitrogen and oxygen atoms in total. The maximum atomic E-state index is 5.49. The van der Waals surface area contributed by atoms with Gasteiger partial charge in [-0.1, -0.05) is 0 Å². The van der Waals surface area contributed by atoms with E-state index in [-0.39, 0.29) is 0 Å². The number of hydrogen-bond donors (Lipinski definition) is 1. The van der Waals surface area contributed by atoms with Crippen LogP contribution in [0.3, 0.4) is 0 Å². The van der Waals surface area contributed by atoms with Gasteiger partial charge in [0.2, 0.25) is 0 Å². The molecule has 0 bridgehead atoms. The first kappa shape index (κ1) is 12.5. The highest BCUT2D eigenvalue weighted by atomic mass is 15.1. The summed E-state index contributed by atoms with van der Waals surface area (Å²) >= 11 is 0. The van der Waals surface area contributed by atoms with Gasteiger partial charge in [-0.15, -0.1) is 0 Å². The SMILES string of the molecule is CN(C)c1ccc(-c2ncc(CCN)cn2)cc1. The first-order chi connectivity index (χ1) is 8.70. The molecule has 4 heteroatoms. The number of nitrogens with two attached hydrogens (primary N) is 1. The van der Waals surface area contributed by atoms with Gasteiger partial charge in [0.1, 0.15) is 0 Å². The molecule has 2 rings (SSSR count). The lowest BCUT2D eigenvalue weighted by atomic mass is 10.2. The summed E-state index contributed by atoms with van der Waals surface area (Å²) in [5.74, 6) is 0.751. The second-order valence-corrected chi connectivity index (χ2v) is 4.39. The Morgan fingerprint density at radius 2 is 1.67 bits per heavy atom. The molecule has 1 aromatic heterocycles. The molecule has 0 saturated heterocycles. The monoisotopic (exact) mass is 242 g/mol. The van der Waals surface area contributed by atoms with E-state index in [9.17, 15) is 0 Å². The van der Waals surface area contributed by atoms with Crippen LogP contribution in [0, 0.1) is 0 Å². The van der Waals surface area contributed by atoms with E-state index in [1.165, 1.54) is 5.69 Å². The Labute approximate surface area is 107 Å². The Hall–Kier alpha value is -1.94. The summed E-state index contributed by atoms with van der Waals surface area (Å²) < 4.78 is 0. The van der Waals surface area contributed by atoms with E-state index in [0.29, 0.717) is 6.54 Å². The molecule has 0 fully saturated rings. The average molecular weight is 242 g/mol. The van der Waals surface area contributed by atoms with Crippen LogP contribution in [0.4, 0.5) is 5.69 Å². The van der Waals surface area contributed by atoms with E-state index >= 15 is 0 Å². The fourth-order valence-electron chi connectivity index (χ4n) is 1.71. The molecule has 2 aromatic rings. The summed E-state index contributed by atoms with van der Waals surface area (Å²) in [7, 11) is 4.04. The minimum atomic E-state index is 0.625. The lowest BCUT2D eigenvalue weighted by Crippen LogP contribution is -2.08. The van der Waals surface area contributed by atoms with E-state index in [2.05, 4.69) is 27.0 Å². The van der Waals surface area contributed by atoms with Gasteiger partial charge in [0.25, 0.3) is 0 Å². The van der Waals surface area contributed by atoms with Crippen LogP contribution in [0.15, 0.2) is 36.7 Å². The highest BCUT2D eigenvalue weighted by Crippen LogP contribution is 2.19. The van der Waals surface area contributed by atoms with Gasteiger partial charge >= 0.3 is 0 Å². The standard InChI is InChI=1S/C14H18N4/c1-18(2)13-5-3-12(4-6-13)14-16-9-11(7-8-15)10-17-14/h3-6,9-10H,7-8,15H2,1-2H3. The van der Waals surface area contributed by atoms with Crippen molar-refractivity contribution in [3.05, 3.63) is 42.2 Å². The molecule has 0 aliphatic carbocycles. The van der Waals surface area contributed by atoms with Crippen molar-refractivity contribution >= 4 is 5.69 Å². The number of hydrogen-bond acceptors (Lipinski definition) is 4. The number of rotatable bonds is 4. The lowest BCUT2D eigenvalue weighted by molar-refractivity contribution is 0.943. The molecule has 0 spiro atoms. The van der Waals surface area contributed by atoms with Gasteiger partial charge in [-0.3, -0.25) is 0 Å². The Balaban J connectivity index is 2.20. The van der Waals surface area contributed by atoms with E-state index < -0.39 is 0 Å². The van der Waals surface area contributed by atoms with Crippen molar-refractivity contribution in [2.75, 3.05) is 25.5 Å². The molecule has 2 N–H and O–H groups in total. The summed E-state index contributed by atoms with van der Waals surface area (Å²) in [4.78, 5) is 10.8. The third-order valence-electron chi connectivity index (χ3n) is 2.78. The number of nitrogens with zero attached hydrogens (tertiary/aromatic N) is 3. The molecule has 0 aliphatic rings. The van der Waals surface area contributed by atoms with Crippen LogP contribution in [0.1, 0.15) is 5.56 Å². The summed E-state index contributed by atoms with van der Waals surface area (Å²) in [6, 6.07) is 8.19. The van der Waals surface area contributed by atoms with E-state index in [1.807, 2.05) is 38.6 Å². The largest absolute Gasteiger partial charge is 0.378 e. The van der Waals surface area contributed by atoms with E-state index in [4.69, 9.17) is 5.73 Å². The summed E-state index contributed by atoms with van der Waals surface area (Å²) in [6.07, 6.45) is 4.50. The lowest BCUT2D eigenvalue weighted by Gasteiger charge is -2.12. The number of anilines is 1. The van der Waals surface area contributed by atoms with Crippen molar-refractivity contribution in [1.82, 2.24) is 9.97 Å². The normalized spacial score (nSPS) is 10.4. The first-order valence-electron chi connectivity index (χ1n) is 5.99. The van der Waals surface area contributed by atoms with Crippen LogP contribution >= 0.6 is 0 Å². The summed E-state index contributed by atoms with van der Waals surface area (Å²) in [6.45, 7) is 0.625. The van der Waals surface area contributed by atoms with Gasteiger partial charge in [0.15, 0.2) is 5.82 Å². The molecule has 94 valence electrons. The summed E-state index contributed by atoms with van der Waals surface area (Å²) in [5.41, 5.74) is 8.76. The third kappa shape index (κ3) is 2.84. The van der Waals surface area contributed by atoms with Crippen molar-refractivity contribution in [2.24, 2.45) is 5.73 Å². The smallest absolute Gasteiger partial charge is 0.159 e. The van der Waals surface area contributed by atoms with Crippen LogP contribution in [0.2, 0.25) is 0 Å². The van der Waals surface area contributed by atoms with Crippen LogP contribution in [-0.2, 0) is 6.42 Å². The zero-order valence-corrected chi connectivity index (χ0v) is 10.8. The van der Waals surface area contributed by atoms with Gasteiger partial charge in [-0.05, 0) is 42.8 Å². The molecule has 0 aliphatic heterocycles. The van der Waals surface area contributed by atoms with Crippen LogP contribution in [-0.4, -0.2) is 30.6 Å². The molecular formula is C14H18N4. The van der Waals surface area contributed by atoms with Gasteiger partial charge in [0.05, 0.1) is 0 Å². The fourth-order valence-corrected chi connectivity index (χ4v) is 1.71. The van der Waals surface area contributed by atoms with E-state index in [1.54, 1.807) is 0 Å². The van der Waals surface area contributed by atoms with Crippen molar-refractivity contribution in [1.29, 1.82) is 0 Å². The molecule has 0 unspecified atom stereocenters. The molecular weight excluding hydrogens is 224 g/mol. The van der Waals surface area contributed by atoms with Crippen molar-refractivity contribution in [3.8, 4) is 11.4 Å². The molecule has 0 amide bonds. The highest BCUT2D eigenvalue weighted by Gasteiger charge is 2.02. The Bertz CT molecular complexity index is 488. The Kier molecular flexibility index (Phi) is 3.89. The van der Waals surface area contributed by atoms with Crippen molar-refractivity contribution < 1.29 is 0 Å². The third-order valence-corrected chi connectivity index (χ3v) is 2.78. The van der Waals surface area contributed by atoms with Crippen LogP contribution in [0.25, 0.3) is 11.4 Å². The zero-order chi connectivity index (χ0) is 13.0. The Morgan fingerprint density at radius 3 is 2.17 bits per heavy atom. The minimum Gasteiger partial charge on any atom is -0.378 e. The highest BCUT2D eigenvalue weighted by molar-refractivity contribution is 5.59. The molecule has 0 saturated carbocycles. The van der Waals surface area contributed by atoms with Crippen molar-refractivity contribution in [2.45, 2.75) is 6.42 Å². The molecule has 18 heavy (non-hydrogen) atoms. The first-order valence-corrected chi connectivity index (χ1v) is 5.99. The van der Waals surface area contributed by atoms with Crippen LogP contribution in [0.5, 0.6) is 0 Å². The van der Waals surface area contributed by atoms with E-state index in [0.717, 1.165) is 23.4 Å². The average Bonchev–Trinajstić information content (AvgIpc) is 2.40. The van der Waals surface area contributed by atoms with Crippen LogP contribution < -0.4 is 10.6 Å². The topological polar surface area (TPSA) is 55.0 Å². The molecule has 1 heterocycles. The quantitative estimate of drug-likeness (QED) is 0.886.